The Morgan fingerprint density at radius 2 is 1.47 bits per heavy atom. The van der Waals surface area contributed by atoms with E-state index in [1.807, 2.05) is 0 Å². The molecule has 1 N–H and O–H groups in total. The highest BCUT2D eigenvalue weighted by Crippen LogP contribution is 3.02. The Labute approximate surface area is 192 Å². The molecule has 0 radical (unpaired) electrons. The fraction of sp³-hybridized carbons (Fsp3) is 0.133. The van der Waals surface area contributed by atoms with E-state index in [0.717, 1.165) is 12.3 Å². The summed E-state index contributed by atoms with van der Waals surface area (Å²) in [5, 5.41) is 9.26. The molecule has 30 heavy (non-hydrogen) atoms. The Balaban J connectivity index is 2.79. The topological polar surface area (TPSA) is 80.7 Å². The third kappa shape index (κ3) is 5.29. The number of aromatic carboxylic acids is 1. The van der Waals surface area contributed by atoms with E-state index in [1.165, 1.54) is 6.92 Å². The second-order valence-electron chi connectivity index (χ2n) is 6.05. The fourth-order valence-corrected chi connectivity index (χ4v) is 6.04. The number of benzene rings is 2. The lowest BCUT2D eigenvalue weighted by Gasteiger charge is -2.40. The number of rotatable bonds is 5. The van der Waals surface area contributed by atoms with Gasteiger partial charge in [0.15, 0.2) is 21.3 Å². The molecule has 0 saturated carbocycles. The molecule has 2 rings (SSSR count). The molecule has 0 aliphatic carbocycles. The summed E-state index contributed by atoms with van der Waals surface area (Å²) in [5.41, 5.74) is -0.287. The van der Waals surface area contributed by atoms with E-state index in [-0.39, 0.29) is 27.7 Å². The molecular formula is C15H10Br3F5O5S2. The minimum absolute atomic E-state index is 0.0702. The summed E-state index contributed by atoms with van der Waals surface area (Å²) in [6.07, 6.45) is 0.768. The first-order valence-corrected chi connectivity index (χ1v) is 13.5. The summed E-state index contributed by atoms with van der Waals surface area (Å²) in [5.74, 6) is -2.29. The Hall–Kier alpha value is -0.900. The van der Waals surface area contributed by atoms with Gasteiger partial charge in [-0.1, -0.05) is 19.4 Å². The number of halogens is 8. The molecule has 5 nitrogen and oxygen atoms in total. The van der Waals surface area contributed by atoms with Gasteiger partial charge in [-0.3, -0.25) is 0 Å². The van der Waals surface area contributed by atoms with Crippen LogP contribution in [0.15, 0.2) is 41.4 Å². The maximum absolute atomic E-state index is 13.1. The van der Waals surface area contributed by atoms with Crippen LogP contribution in [0.1, 0.15) is 15.9 Å². The van der Waals surface area contributed by atoms with Crippen LogP contribution in [0, 0.1) is 6.92 Å². The predicted molar refractivity (Wildman–Crippen MR) is 112 cm³/mol. The Kier molecular flexibility index (Phi) is 5.96. The first-order valence-electron chi connectivity index (χ1n) is 7.31. The Bertz CT molecular complexity index is 1180. The maximum Gasteiger partial charge on any atom is 0.336 e. The molecule has 0 aliphatic heterocycles. The van der Waals surface area contributed by atoms with Gasteiger partial charge in [0.2, 0.25) is 0 Å². The summed E-state index contributed by atoms with van der Waals surface area (Å²) >= 11 is 8.48. The molecule has 168 valence electrons. The molecule has 2 aromatic rings. The molecule has 0 heterocycles. The van der Waals surface area contributed by atoms with E-state index >= 15 is 0 Å². The average Bonchev–Trinajstić information content (AvgIpc) is 2.50. The minimum atomic E-state index is -9.99. The van der Waals surface area contributed by atoms with Crippen molar-refractivity contribution in [2.24, 2.45) is 0 Å². The third-order valence-corrected chi connectivity index (χ3v) is 8.04. The molecule has 0 fully saturated rings. The predicted octanol–water partition coefficient (Wildman–Crippen LogP) is 7.83. The molecule has 0 unspecified atom stereocenters. The van der Waals surface area contributed by atoms with Crippen molar-refractivity contribution in [2.45, 2.75) is 16.7 Å². The lowest BCUT2D eigenvalue weighted by atomic mass is 10.1. The van der Waals surface area contributed by atoms with Gasteiger partial charge in [0.25, 0.3) is 0 Å². The van der Waals surface area contributed by atoms with Crippen LogP contribution in [0.4, 0.5) is 19.4 Å². The van der Waals surface area contributed by atoms with Crippen molar-refractivity contribution in [3.05, 3.63) is 42.7 Å². The van der Waals surface area contributed by atoms with Crippen LogP contribution in [-0.2, 0) is 9.84 Å². The van der Waals surface area contributed by atoms with Gasteiger partial charge >= 0.3 is 16.2 Å². The summed E-state index contributed by atoms with van der Waals surface area (Å²) in [6.45, 7) is 1.34. The number of carboxylic acid groups (broad SMARTS) is 1. The normalized spacial score (nSPS) is 14.7. The van der Waals surface area contributed by atoms with Gasteiger partial charge in [-0.2, -0.15) is 0 Å². The number of carbonyl (C=O) groups is 1. The fourth-order valence-electron chi connectivity index (χ4n) is 2.25. The smallest absolute Gasteiger partial charge is 0.336 e. The van der Waals surface area contributed by atoms with Gasteiger partial charge in [0.05, 0.1) is 19.0 Å². The van der Waals surface area contributed by atoms with Crippen LogP contribution in [0.25, 0.3) is 0 Å². The van der Waals surface area contributed by atoms with Gasteiger partial charge in [-0.15, -0.1) is 0 Å². The number of ether oxygens (including phenoxy) is 1. The number of carboxylic acids is 1. The van der Waals surface area contributed by atoms with Crippen LogP contribution in [0.3, 0.4) is 0 Å². The summed E-state index contributed by atoms with van der Waals surface area (Å²) < 4.78 is 94.1. The highest BCUT2D eigenvalue weighted by molar-refractivity contribution is 9.11. The van der Waals surface area contributed by atoms with E-state index in [4.69, 9.17) is 4.74 Å². The molecule has 0 spiro atoms. The molecule has 0 atom stereocenters. The molecule has 0 aliphatic rings. The summed E-state index contributed by atoms with van der Waals surface area (Å²) in [7, 11) is -14.1. The van der Waals surface area contributed by atoms with Crippen molar-refractivity contribution in [3.63, 3.8) is 0 Å². The van der Waals surface area contributed by atoms with Crippen molar-refractivity contribution in [2.75, 3.05) is 6.26 Å². The van der Waals surface area contributed by atoms with Gasteiger partial charge in [0, 0.05) is 6.26 Å². The molecule has 0 amide bonds. The van der Waals surface area contributed by atoms with Gasteiger partial charge in [-0.25, -0.2) is 13.2 Å². The molecule has 0 aromatic heterocycles. The van der Waals surface area contributed by atoms with Crippen LogP contribution >= 0.6 is 58.0 Å². The van der Waals surface area contributed by atoms with Crippen molar-refractivity contribution in [1.29, 1.82) is 0 Å². The van der Waals surface area contributed by atoms with Crippen molar-refractivity contribution < 1.29 is 42.5 Å². The zero-order valence-electron chi connectivity index (χ0n) is 14.7. The van der Waals surface area contributed by atoms with E-state index < -0.39 is 56.3 Å². The lowest BCUT2D eigenvalue weighted by Crippen LogP contribution is -2.09. The Morgan fingerprint density at radius 1 is 1.00 bits per heavy atom. The van der Waals surface area contributed by atoms with Crippen molar-refractivity contribution >= 4 is 73.8 Å². The first kappa shape index (κ1) is 25.4. The van der Waals surface area contributed by atoms with E-state index in [9.17, 15) is 37.7 Å². The second kappa shape index (κ2) is 7.05. The van der Waals surface area contributed by atoms with Crippen molar-refractivity contribution in [3.8, 4) is 11.5 Å². The molecule has 0 saturated heterocycles. The van der Waals surface area contributed by atoms with Gasteiger partial charge in [0.1, 0.15) is 9.79 Å². The third-order valence-electron chi connectivity index (χ3n) is 3.68. The number of hydrogen-bond acceptors (Lipinski definition) is 4. The second-order valence-corrected chi connectivity index (χ2v) is 12.9. The standard InChI is InChI=1S/C15H10Br3F5O5S2/c1-6-8(15(24)25)5-11(29(2,26)27)14(12(6)18)28-13-9(16)3-7(4-10(13)17)30(19,20,21,22)23/h3-5H,1-2H3,(H,24,25). The zero-order chi connectivity index (χ0) is 23.5. The van der Waals surface area contributed by atoms with Crippen LogP contribution in [-0.4, -0.2) is 25.7 Å². The molecule has 0 bridgehead atoms. The number of sulfone groups is 1. The maximum atomic E-state index is 13.1. The molecular weight excluding hydrogens is 659 g/mol. The van der Waals surface area contributed by atoms with Crippen LogP contribution in [0.5, 0.6) is 11.5 Å². The largest absolute Gasteiger partial charge is 0.478 e. The lowest BCUT2D eigenvalue weighted by molar-refractivity contribution is 0.0695. The summed E-state index contributed by atoms with van der Waals surface area (Å²) in [4.78, 5) is 8.61. The summed E-state index contributed by atoms with van der Waals surface area (Å²) in [6, 6.07) is 1.04. The molecule has 15 heteroatoms. The monoisotopic (exact) mass is 666 g/mol. The first-order chi connectivity index (χ1) is 13.1. The highest BCUT2D eigenvalue weighted by atomic mass is 79.9. The van der Waals surface area contributed by atoms with Crippen LogP contribution < -0.4 is 4.74 Å². The molecule has 2 aromatic carbocycles. The average molecular weight is 669 g/mol. The van der Waals surface area contributed by atoms with Crippen LogP contribution in [0.2, 0.25) is 0 Å². The number of hydrogen-bond donors (Lipinski definition) is 1. The van der Waals surface area contributed by atoms with Gasteiger partial charge in [-0.05, 0) is 78.5 Å². The van der Waals surface area contributed by atoms with E-state index in [0.29, 0.717) is 0 Å². The quantitative estimate of drug-likeness (QED) is 0.329. The van der Waals surface area contributed by atoms with Crippen molar-refractivity contribution in [1.82, 2.24) is 0 Å². The van der Waals surface area contributed by atoms with Gasteiger partial charge < -0.3 is 9.84 Å². The minimum Gasteiger partial charge on any atom is -0.478 e. The zero-order valence-corrected chi connectivity index (χ0v) is 21.0. The highest BCUT2D eigenvalue weighted by Gasteiger charge is 2.65. The Morgan fingerprint density at radius 3 is 1.83 bits per heavy atom. The van der Waals surface area contributed by atoms with E-state index in [2.05, 4.69) is 47.8 Å². The SMILES string of the molecule is Cc1c(C(=O)O)cc(S(C)(=O)=O)c(Oc2c(Br)cc(S(F)(F)(F)(F)F)cc2Br)c1Br. The van der Waals surface area contributed by atoms with E-state index in [1.54, 1.807) is 0 Å².